The molecule has 2 aromatic rings. The maximum Gasteiger partial charge on any atom is 0.0946 e. The predicted molar refractivity (Wildman–Crippen MR) is 67.5 cm³/mol. The summed E-state index contributed by atoms with van der Waals surface area (Å²) in [5.74, 6) is 0. The van der Waals surface area contributed by atoms with Gasteiger partial charge in [-0.2, -0.15) is 0 Å². The zero-order valence-electron chi connectivity index (χ0n) is 10.3. The normalized spacial score (nSPS) is 12.6. The third-order valence-corrected chi connectivity index (χ3v) is 2.83. The topological polar surface area (TPSA) is 42.7 Å². The van der Waals surface area contributed by atoms with Crippen LogP contribution in [0.15, 0.2) is 37.2 Å². The summed E-state index contributed by atoms with van der Waals surface area (Å²) in [6, 6.07) is 2.45. The number of rotatable bonds is 5. The van der Waals surface area contributed by atoms with Gasteiger partial charge in [-0.15, -0.1) is 0 Å². The zero-order valence-corrected chi connectivity index (χ0v) is 10.3. The molecule has 0 fully saturated rings. The predicted octanol–water partition coefficient (Wildman–Crippen LogP) is 1.76. The number of imidazole rings is 1. The first kappa shape index (κ1) is 11.8. The SMILES string of the molecule is Cc1ccncc1CNC(C)Cn1ccnc1. The minimum atomic E-state index is 0.406. The van der Waals surface area contributed by atoms with E-state index in [1.807, 2.05) is 31.0 Å². The minimum Gasteiger partial charge on any atom is -0.336 e. The van der Waals surface area contributed by atoms with E-state index in [4.69, 9.17) is 0 Å². The third kappa shape index (κ3) is 3.39. The Kier molecular flexibility index (Phi) is 3.88. The van der Waals surface area contributed by atoms with E-state index in [0.29, 0.717) is 6.04 Å². The second-order valence-electron chi connectivity index (χ2n) is 4.34. The van der Waals surface area contributed by atoms with Crippen molar-refractivity contribution < 1.29 is 0 Å². The van der Waals surface area contributed by atoms with Crippen LogP contribution in [0, 0.1) is 6.92 Å². The molecule has 0 radical (unpaired) electrons. The quantitative estimate of drug-likeness (QED) is 0.851. The van der Waals surface area contributed by atoms with Gasteiger partial charge in [-0.25, -0.2) is 4.98 Å². The van der Waals surface area contributed by atoms with Crippen LogP contribution in [0.25, 0.3) is 0 Å². The maximum atomic E-state index is 4.14. The van der Waals surface area contributed by atoms with Crippen LogP contribution in [0.3, 0.4) is 0 Å². The molecule has 90 valence electrons. The first-order valence-electron chi connectivity index (χ1n) is 5.84. The van der Waals surface area contributed by atoms with E-state index in [1.165, 1.54) is 11.1 Å². The molecule has 2 aromatic heterocycles. The van der Waals surface area contributed by atoms with Crippen molar-refractivity contribution in [3.8, 4) is 0 Å². The second kappa shape index (κ2) is 5.59. The summed E-state index contributed by atoms with van der Waals surface area (Å²) in [7, 11) is 0. The average molecular weight is 230 g/mol. The van der Waals surface area contributed by atoms with Crippen molar-refractivity contribution in [2.75, 3.05) is 0 Å². The number of nitrogens with one attached hydrogen (secondary N) is 1. The fourth-order valence-corrected chi connectivity index (χ4v) is 1.74. The van der Waals surface area contributed by atoms with Crippen LogP contribution >= 0.6 is 0 Å². The summed E-state index contributed by atoms with van der Waals surface area (Å²) in [5, 5.41) is 3.49. The van der Waals surface area contributed by atoms with E-state index in [-0.39, 0.29) is 0 Å². The molecule has 0 bridgehead atoms. The summed E-state index contributed by atoms with van der Waals surface area (Å²) in [4.78, 5) is 8.18. The molecular formula is C13H18N4. The lowest BCUT2D eigenvalue weighted by molar-refractivity contribution is 0.475. The highest BCUT2D eigenvalue weighted by molar-refractivity contribution is 5.21. The van der Waals surface area contributed by atoms with Gasteiger partial charge in [-0.3, -0.25) is 4.98 Å². The lowest BCUT2D eigenvalue weighted by Crippen LogP contribution is -2.29. The van der Waals surface area contributed by atoms with Gasteiger partial charge in [-0.1, -0.05) is 0 Å². The summed E-state index contributed by atoms with van der Waals surface area (Å²) in [6.45, 7) is 6.07. The van der Waals surface area contributed by atoms with E-state index < -0.39 is 0 Å². The number of hydrogen-bond donors (Lipinski definition) is 1. The molecule has 0 spiro atoms. The van der Waals surface area contributed by atoms with Gasteiger partial charge >= 0.3 is 0 Å². The lowest BCUT2D eigenvalue weighted by atomic mass is 10.1. The maximum absolute atomic E-state index is 4.14. The van der Waals surface area contributed by atoms with Crippen LogP contribution in [0.5, 0.6) is 0 Å². The minimum absolute atomic E-state index is 0.406. The van der Waals surface area contributed by atoms with Gasteiger partial charge in [0.1, 0.15) is 0 Å². The highest BCUT2D eigenvalue weighted by atomic mass is 15.1. The molecule has 0 aliphatic heterocycles. The molecule has 1 atom stereocenters. The van der Waals surface area contributed by atoms with Crippen molar-refractivity contribution in [2.24, 2.45) is 0 Å². The van der Waals surface area contributed by atoms with Crippen LogP contribution in [-0.4, -0.2) is 20.6 Å². The number of aromatic nitrogens is 3. The van der Waals surface area contributed by atoms with Crippen LogP contribution in [0.2, 0.25) is 0 Å². The lowest BCUT2D eigenvalue weighted by Gasteiger charge is -2.15. The van der Waals surface area contributed by atoms with Gasteiger partial charge in [0.2, 0.25) is 0 Å². The molecule has 17 heavy (non-hydrogen) atoms. The van der Waals surface area contributed by atoms with Crippen molar-refractivity contribution in [3.05, 3.63) is 48.3 Å². The first-order valence-corrected chi connectivity index (χ1v) is 5.84. The van der Waals surface area contributed by atoms with Crippen molar-refractivity contribution >= 4 is 0 Å². The van der Waals surface area contributed by atoms with Crippen LogP contribution in [0.1, 0.15) is 18.1 Å². The van der Waals surface area contributed by atoms with E-state index in [1.54, 1.807) is 6.20 Å². The summed E-state index contributed by atoms with van der Waals surface area (Å²) in [5.41, 5.74) is 2.53. The van der Waals surface area contributed by atoms with Gasteiger partial charge in [0.25, 0.3) is 0 Å². The van der Waals surface area contributed by atoms with Crippen molar-refractivity contribution in [3.63, 3.8) is 0 Å². The van der Waals surface area contributed by atoms with Gasteiger partial charge in [0.15, 0.2) is 0 Å². The summed E-state index contributed by atoms with van der Waals surface area (Å²) < 4.78 is 2.08. The molecule has 2 rings (SSSR count). The van der Waals surface area contributed by atoms with Crippen LogP contribution in [-0.2, 0) is 13.1 Å². The zero-order chi connectivity index (χ0) is 12.1. The van der Waals surface area contributed by atoms with Crippen LogP contribution in [0.4, 0.5) is 0 Å². The van der Waals surface area contributed by atoms with Gasteiger partial charge in [0.05, 0.1) is 6.33 Å². The first-order chi connectivity index (χ1) is 8.25. The average Bonchev–Trinajstić information content (AvgIpc) is 2.81. The molecule has 0 aliphatic carbocycles. The Hall–Kier alpha value is -1.68. The number of pyridine rings is 1. The molecular weight excluding hydrogens is 212 g/mol. The Bertz CT molecular complexity index is 450. The summed E-state index contributed by atoms with van der Waals surface area (Å²) in [6.07, 6.45) is 9.37. The van der Waals surface area contributed by atoms with E-state index in [2.05, 4.69) is 33.7 Å². The Morgan fingerprint density at radius 2 is 2.24 bits per heavy atom. The summed E-state index contributed by atoms with van der Waals surface area (Å²) >= 11 is 0. The van der Waals surface area contributed by atoms with E-state index in [0.717, 1.165) is 13.1 Å². The van der Waals surface area contributed by atoms with Crippen molar-refractivity contribution in [1.29, 1.82) is 0 Å². The molecule has 2 heterocycles. The van der Waals surface area contributed by atoms with Crippen molar-refractivity contribution in [1.82, 2.24) is 19.9 Å². The molecule has 4 nitrogen and oxygen atoms in total. The van der Waals surface area contributed by atoms with Crippen LogP contribution < -0.4 is 5.32 Å². The highest BCUT2D eigenvalue weighted by Gasteiger charge is 2.03. The molecule has 0 amide bonds. The number of nitrogens with zero attached hydrogens (tertiary/aromatic N) is 3. The Balaban J connectivity index is 1.84. The van der Waals surface area contributed by atoms with Gasteiger partial charge in [-0.05, 0) is 31.0 Å². The molecule has 0 aliphatic rings. The molecule has 1 N–H and O–H groups in total. The molecule has 0 saturated heterocycles. The fraction of sp³-hybridized carbons (Fsp3) is 0.385. The second-order valence-corrected chi connectivity index (χ2v) is 4.34. The smallest absolute Gasteiger partial charge is 0.0946 e. The Morgan fingerprint density at radius 1 is 1.35 bits per heavy atom. The standard InChI is InChI=1S/C13H18N4/c1-11-3-4-14-7-13(11)8-16-12(2)9-17-6-5-15-10-17/h3-7,10,12,16H,8-9H2,1-2H3. The van der Waals surface area contributed by atoms with E-state index >= 15 is 0 Å². The van der Waals surface area contributed by atoms with Crippen molar-refractivity contribution in [2.45, 2.75) is 33.0 Å². The molecule has 0 saturated carbocycles. The third-order valence-electron chi connectivity index (χ3n) is 2.83. The van der Waals surface area contributed by atoms with E-state index in [9.17, 15) is 0 Å². The Morgan fingerprint density at radius 3 is 2.94 bits per heavy atom. The highest BCUT2D eigenvalue weighted by Crippen LogP contribution is 2.04. The molecule has 4 heteroatoms. The Labute approximate surface area is 102 Å². The monoisotopic (exact) mass is 230 g/mol. The van der Waals surface area contributed by atoms with Gasteiger partial charge in [0, 0.05) is 43.9 Å². The fourth-order valence-electron chi connectivity index (χ4n) is 1.74. The molecule has 0 aromatic carbocycles. The largest absolute Gasteiger partial charge is 0.336 e. The number of hydrogen-bond acceptors (Lipinski definition) is 3. The number of aryl methyl sites for hydroxylation is 1. The molecule has 1 unspecified atom stereocenters. The van der Waals surface area contributed by atoms with Gasteiger partial charge < -0.3 is 9.88 Å².